The number of hydrogen-bond donors (Lipinski definition) is 0. The number of carbonyl (C=O) groups excluding carboxylic acids is 1. The van der Waals surface area contributed by atoms with Crippen molar-refractivity contribution in [3.8, 4) is 0 Å². The molecule has 0 saturated heterocycles. The van der Waals surface area contributed by atoms with E-state index in [0.29, 0.717) is 92.5 Å². The summed E-state index contributed by atoms with van der Waals surface area (Å²) in [6, 6.07) is 0. The van der Waals surface area contributed by atoms with Gasteiger partial charge in [0, 0.05) is 0 Å². The Morgan fingerprint density at radius 3 is 1.38 bits per heavy atom. The van der Waals surface area contributed by atoms with Crippen molar-refractivity contribution in [3.05, 3.63) is 12.7 Å². The molecule has 0 saturated carbocycles. The quantitative estimate of drug-likeness (QED) is 0.0928. The first-order valence-corrected chi connectivity index (χ1v) is 12.6. The van der Waals surface area contributed by atoms with Crippen molar-refractivity contribution in [3.63, 3.8) is 0 Å². The summed E-state index contributed by atoms with van der Waals surface area (Å²) in [6.07, 6.45) is 5.57. The molecule has 0 heterocycles. The predicted octanol–water partition coefficient (Wildman–Crippen LogP) is 3.05. The SMILES string of the molecule is C=CCOCCOCCOCCOCCOCCOCCOCCOC(=O)C(CC)CCCC. The first-order chi connectivity index (χ1) is 16.8. The van der Waals surface area contributed by atoms with Gasteiger partial charge in [0.1, 0.15) is 6.61 Å². The summed E-state index contributed by atoms with van der Waals surface area (Å²) >= 11 is 0. The zero-order chi connectivity index (χ0) is 25.0. The van der Waals surface area contributed by atoms with E-state index in [1.165, 1.54) is 0 Å². The van der Waals surface area contributed by atoms with Gasteiger partial charge in [0.2, 0.25) is 0 Å². The monoisotopic (exact) mass is 492 g/mol. The molecular formula is C25H48O9. The predicted molar refractivity (Wildman–Crippen MR) is 130 cm³/mol. The molecule has 0 fully saturated rings. The molecule has 0 N–H and O–H groups in total. The van der Waals surface area contributed by atoms with Crippen LogP contribution in [0.5, 0.6) is 0 Å². The largest absolute Gasteiger partial charge is 0.463 e. The summed E-state index contributed by atoms with van der Waals surface area (Å²) in [5, 5.41) is 0. The van der Waals surface area contributed by atoms with E-state index in [0.717, 1.165) is 25.7 Å². The summed E-state index contributed by atoms with van der Waals surface area (Å²) in [5.74, 6) is -0.109. The lowest BCUT2D eigenvalue weighted by Gasteiger charge is -2.13. The van der Waals surface area contributed by atoms with Crippen LogP contribution >= 0.6 is 0 Å². The Kier molecular flexibility index (Phi) is 27.3. The molecule has 9 heteroatoms. The second kappa shape index (κ2) is 28.2. The van der Waals surface area contributed by atoms with Crippen LogP contribution in [0, 0.1) is 5.92 Å². The summed E-state index contributed by atoms with van der Waals surface area (Å²) < 4.78 is 43.0. The van der Waals surface area contributed by atoms with Gasteiger partial charge < -0.3 is 37.9 Å². The van der Waals surface area contributed by atoms with Crippen molar-refractivity contribution in [1.29, 1.82) is 0 Å². The molecule has 0 rings (SSSR count). The molecule has 0 aromatic heterocycles. The number of unbranched alkanes of at least 4 members (excludes halogenated alkanes) is 1. The molecule has 0 aliphatic rings. The standard InChI is InChI=1S/C25H48O9/c1-4-7-8-24(6-3)25(26)34-23-22-33-21-20-32-19-18-31-17-16-30-15-14-29-13-12-28-11-10-27-9-5-2/h5,24H,2,4,6-23H2,1,3H3. The fraction of sp³-hybridized carbons (Fsp3) is 0.880. The van der Waals surface area contributed by atoms with Gasteiger partial charge in [0.05, 0.1) is 98.4 Å². The van der Waals surface area contributed by atoms with Crippen LogP contribution in [0.15, 0.2) is 12.7 Å². The van der Waals surface area contributed by atoms with Gasteiger partial charge in [-0.1, -0.05) is 32.8 Å². The smallest absolute Gasteiger partial charge is 0.308 e. The molecule has 0 aliphatic carbocycles. The van der Waals surface area contributed by atoms with E-state index in [1.54, 1.807) is 6.08 Å². The van der Waals surface area contributed by atoms with Gasteiger partial charge in [-0.2, -0.15) is 0 Å². The lowest BCUT2D eigenvalue weighted by molar-refractivity contribution is -0.150. The van der Waals surface area contributed by atoms with Crippen LogP contribution in [-0.4, -0.2) is 105 Å². The van der Waals surface area contributed by atoms with Crippen LogP contribution in [0.1, 0.15) is 39.5 Å². The molecular weight excluding hydrogens is 444 g/mol. The molecule has 34 heavy (non-hydrogen) atoms. The van der Waals surface area contributed by atoms with Crippen LogP contribution in [0.2, 0.25) is 0 Å². The molecule has 202 valence electrons. The Balaban J connectivity index is 3.19. The van der Waals surface area contributed by atoms with Crippen molar-refractivity contribution < 1.29 is 42.7 Å². The molecule has 0 spiro atoms. The molecule has 0 aromatic rings. The molecule has 0 bridgehead atoms. The average molecular weight is 493 g/mol. The molecule has 0 aliphatic heterocycles. The first-order valence-electron chi connectivity index (χ1n) is 12.6. The van der Waals surface area contributed by atoms with E-state index in [-0.39, 0.29) is 18.5 Å². The van der Waals surface area contributed by atoms with Gasteiger partial charge in [-0.05, 0) is 12.8 Å². The fourth-order valence-electron chi connectivity index (χ4n) is 2.74. The normalized spacial score (nSPS) is 12.1. The Morgan fingerprint density at radius 1 is 0.647 bits per heavy atom. The van der Waals surface area contributed by atoms with Gasteiger partial charge in [-0.25, -0.2) is 0 Å². The maximum atomic E-state index is 12.0. The lowest BCUT2D eigenvalue weighted by atomic mass is 10.00. The number of ether oxygens (including phenoxy) is 8. The lowest BCUT2D eigenvalue weighted by Crippen LogP contribution is -2.20. The third-order valence-electron chi connectivity index (χ3n) is 4.67. The number of hydrogen-bond acceptors (Lipinski definition) is 9. The molecule has 1 atom stereocenters. The van der Waals surface area contributed by atoms with Gasteiger partial charge in [0.25, 0.3) is 0 Å². The second-order valence-corrected chi connectivity index (χ2v) is 7.45. The van der Waals surface area contributed by atoms with Crippen LogP contribution in [0.25, 0.3) is 0 Å². The maximum absolute atomic E-state index is 12.0. The minimum absolute atomic E-state index is 0.00537. The Morgan fingerprint density at radius 2 is 1.03 bits per heavy atom. The van der Waals surface area contributed by atoms with E-state index in [1.807, 2.05) is 6.92 Å². The zero-order valence-corrected chi connectivity index (χ0v) is 21.5. The van der Waals surface area contributed by atoms with Crippen molar-refractivity contribution in [2.45, 2.75) is 39.5 Å². The molecule has 0 amide bonds. The summed E-state index contributed by atoms with van der Waals surface area (Å²) in [5.41, 5.74) is 0. The Bertz CT molecular complexity index is 435. The van der Waals surface area contributed by atoms with Gasteiger partial charge in [-0.15, -0.1) is 6.58 Å². The Hall–Kier alpha value is -1.07. The highest BCUT2D eigenvalue weighted by atomic mass is 16.6. The molecule has 0 radical (unpaired) electrons. The molecule has 0 aromatic carbocycles. The summed E-state index contributed by atoms with van der Waals surface area (Å²) in [4.78, 5) is 12.0. The summed E-state index contributed by atoms with van der Waals surface area (Å²) in [6.45, 7) is 15.1. The summed E-state index contributed by atoms with van der Waals surface area (Å²) in [7, 11) is 0. The van der Waals surface area contributed by atoms with E-state index >= 15 is 0 Å². The first kappa shape index (κ1) is 32.9. The van der Waals surface area contributed by atoms with Gasteiger partial charge in [-0.3, -0.25) is 4.79 Å². The van der Waals surface area contributed by atoms with Crippen LogP contribution in [-0.2, 0) is 42.7 Å². The maximum Gasteiger partial charge on any atom is 0.308 e. The Labute approximate surface area is 206 Å². The fourth-order valence-corrected chi connectivity index (χ4v) is 2.74. The third-order valence-corrected chi connectivity index (χ3v) is 4.67. The third kappa shape index (κ3) is 24.1. The molecule has 9 nitrogen and oxygen atoms in total. The topological polar surface area (TPSA) is 90.9 Å². The zero-order valence-electron chi connectivity index (χ0n) is 21.5. The van der Waals surface area contributed by atoms with E-state index < -0.39 is 0 Å². The highest BCUT2D eigenvalue weighted by Crippen LogP contribution is 2.14. The highest BCUT2D eigenvalue weighted by molar-refractivity contribution is 5.72. The number of rotatable bonds is 28. The average Bonchev–Trinajstić information content (AvgIpc) is 2.85. The van der Waals surface area contributed by atoms with E-state index in [9.17, 15) is 4.79 Å². The van der Waals surface area contributed by atoms with Gasteiger partial charge >= 0.3 is 5.97 Å². The van der Waals surface area contributed by atoms with Crippen molar-refractivity contribution >= 4 is 5.97 Å². The van der Waals surface area contributed by atoms with Crippen molar-refractivity contribution in [1.82, 2.24) is 0 Å². The van der Waals surface area contributed by atoms with E-state index in [4.69, 9.17) is 37.9 Å². The van der Waals surface area contributed by atoms with Crippen LogP contribution < -0.4 is 0 Å². The highest BCUT2D eigenvalue weighted by Gasteiger charge is 2.16. The van der Waals surface area contributed by atoms with Crippen molar-refractivity contribution in [2.75, 3.05) is 99.1 Å². The minimum atomic E-state index is -0.115. The molecule has 1 unspecified atom stereocenters. The number of esters is 1. The van der Waals surface area contributed by atoms with Crippen LogP contribution in [0.3, 0.4) is 0 Å². The van der Waals surface area contributed by atoms with Gasteiger partial charge in [0.15, 0.2) is 0 Å². The van der Waals surface area contributed by atoms with Crippen molar-refractivity contribution in [2.24, 2.45) is 5.92 Å². The van der Waals surface area contributed by atoms with Crippen LogP contribution in [0.4, 0.5) is 0 Å². The second-order valence-electron chi connectivity index (χ2n) is 7.45. The number of carbonyl (C=O) groups is 1. The van der Waals surface area contributed by atoms with E-state index in [2.05, 4.69) is 13.5 Å². The minimum Gasteiger partial charge on any atom is -0.463 e.